The molecule has 18 heavy (non-hydrogen) atoms. The molecule has 2 rings (SSSR count). The first-order chi connectivity index (χ1) is 8.58. The highest BCUT2D eigenvalue weighted by Crippen LogP contribution is 2.19. The first kappa shape index (κ1) is 12.8. The number of amides is 2. The molecule has 0 unspecified atom stereocenters. The molecule has 1 saturated heterocycles. The molecule has 1 aliphatic rings. The molecule has 0 atom stereocenters. The number of aromatic nitrogens is 1. The van der Waals surface area contributed by atoms with Gasteiger partial charge in [-0.25, -0.2) is 0 Å². The van der Waals surface area contributed by atoms with Gasteiger partial charge in [0.1, 0.15) is 5.69 Å². The first-order valence-electron chi connectivity index (χ1n) is 5.78. The third-order valence-corrected chi connectivity index (χ3v) is 3.36. The predicted octanol–water partition coefficient (Wildman–Crippen LogP) is 1.07. The van der Waals surface area contributed by atoms with Crippen molar-refractivity contribution in [2.45, 2.75) is 12.8 Å². The van der Waals surface area contributed by atoms with Crippen molar-refractivity contribution in [1.29, 1.82) is 0 Å². The zero-order valence-corrected chi connectivity index (χ0v) is 10.6. The number of carbonyl (C=O) groups excluding carboxylic acids is 2. The van der Waals surface area contributed by atoms with Gasteiger partial charge in [0, 0.05) is 30.2 Å². The number of rotatable bonds is 2. The lowest BCUT2D eigenvalue weighted by molar-refractivity contribution is -0.123. The fraction of sp³-hybridized carbons (Fsp3) is 0.417. The molecule has 0 radical (unpaired) electrons. The number of nitrogens with zero attached hydrogens (tertiary/aromatic N) is 2. The largest absolute Gasteiger partial charge is 0.369 e. The van der Waals surface area contributed by atoms with E-state index in [9.17, 15) is 9.59 Å². The van der Waals surface area contributed by atoms with Gasteiger partial charge in [-0.3, -0.25) is 14.6 Å². The Labute approximate surface area is 110 Å². The molecular weight excluding hydrogens is 254 g/mol. The van der Waals surface area contributed by atoms with Crippen molar-refractivity contribution >= 4 is 23.4 Å². The fourth-order valence-corrected chi connectivity index (χ4v) is 2.21. The van der Waals surface area contributed by atoms with E-state index in [1.807, 2.05) is 0 Å². The molecule has 6 heteroatoms. The van der Waals surface area contributed by atoms with Crippen LogP contribution in [0.15, 0.2) is 18.3 Å². The Hall–Kier alpha value is -1.62. The quantitative estimate of drug-likeness (QED) is 0.871. The maximum Gasteiger partial charge on any atom is 0.272 e. The average molecular weight is 268 g/mol. The van der Waals surface area contributed by atoms with Crippen molar-refractivity contribution in [2.24, 2.45) is 11.7 Å². The van der Waals surface area contributed by atoms with E-state index in [0.717, 1.165) is 0 Å². The molecular formula is C12H14ClN3O2. The minimum absolute atomic E-state index is 0.124. The molecule has 1 fully saturated rings. The maximum absolute atomic E-state index is 12.1. The van der Waals surface area contributed by atoms with Crippen LogP contribution in [0.3, 0.4) is 0 Å². The van der Waals surface area contributed by atoms with Gasteiger partial charge in [0.05, 0.1) is 0 Å². The summed E-state index contributed by atoms with van der Waals surface area (Å²) in [6.45, 7) is 1.06. The molecule has 0 aliphatic carbocycles. The van der Waals surface area contributed by atoms with Crippen LogP contribution in [0, 0.1) is 5.92 Å². The summed E-state index contributed by atoms with van der Waals surface area (Å²) >= 11 is 5.82. The second-order valence-corrected chi connectivity index (χ2v) is 4.76. The van der Waals surface area contributed by atoms with Gasteiger partial charge in [0.25, 0.3) is 5.91 Å². The zero-order valence-electron chi connectivity index (χ0n) is 9.80. The van der Waals surface area contributed by atoms with Gasteiger partial charge in [0.15, 0.2) is 0 Å². The van der Waals surface area contributed by atoms with Crippen LogP contribution in [-0.2, 0) is 4.79 Å². The second kappa shape index (κ2) is 5.35. The molecule has 0 aromatic carbocycles. The predicted molar refractivity (Wildman–Crippen MR) is 67.1 cm³/mol. The van der Waals surface area contributed by atoms with Crippen LogP contribution in [0.25, 0.3) is 0 Å². The number of piperidine rings is 1. The zero-order chi connectivity index (χ0) is 13.1. The van der Waals surface area contributed by atoms with Gasteiger partial charge in [-0.15, -0.1) is 0 Å². The number of likely N-dealkylation sites (tertiary alicyclic amines) is 1. The Bertz CT molecular complexity index is 470. The smallest absolute Gasteiger partial charge is 0.272 e. The summed E-state index contributed by atoms with van der Waals surface area (Å²) in [5, 5.41) is 0.486. The van der Waals surface area contributed by atoms with E-state index in [1.165, 1.54) is 6.20 Å². The lowest BCUT2D eigenvalue weighted by Gasteiger charge is -2.30. The first-order valence-corrected chi connectivity index (χ1v) is 6.16. The van der Waals surface area contributed by atoms with E-state index in [1.54, 1.807) is 17.0 Å². The number of primary amides is 1. The van der Waals surface area contributed by atoms with Crippen molar-refractivity contribution in [3.8, 4) is 0 Å². The molecule has 96 valence electrons. The summed E-state index contributed by atoms with van der Waals surface area (Å²) in [7, 11) is 0. The van der Waals surface area contributed by atoms with Crippen LogP contribution in [0.2, 0.25) is 5.02 Å². The van der Waals surface area contributed by atoms with Crippen LogP contribution < -0.4 is 5.73 Å². The van der Waals surface area contributed by atoms with Crippen LogP contribution in [0.1, 0.15) is 23.3 Å². The van der Waals surface area contributed by atoms with Crippen LogP contribution in [0.5, 0.6) is 0 Å². The van der Waals surface area contributed by atoms with E-state index < -0.39 is 0 Å². The molecule has 2 amide bonds. The average Bonchev–Trinajstić information content (AvgIpc) is 2.38. The van der Waals surface area contributed by atoms with E-state index in [4.69, 9.17) is 17.3 Å². The standard InChI is InChI=1S/C12H14ClN3O2/c13-9-1-4-15-10(7-9)12(18)16-5-2-8(3-6-16)11(14)17/h1,4,7-8H,2-3,5-6H2,(H2,14,17). The van der Waals surface area contributed by atoms with E-state index in [2.05, 4.69) is 4.98 Å². The number of hydrogen-bond donors (Lipinski definition) is 1. The fourth-order valence-electron chi connectivity index (χ4n) is 2.05. The molecule has 5 nitrogen and oxygen atoms in total. The highest BCUT2D eigenvalue weighted by Gasteiger charge is 2.26. The van der Waals surface area contributed by atoms with Crippen molar-refractivity contribution in [3.63, 3.8) is 0 Å². The number of halogens is 1. The van der Waals surface area contributed by atoms with Gasteiger partial charge >= 0.3 is 0 Å². The Morgan fingerprint density at radius 3 is 2.61 bits per heavy atom. The number of hydrogen-bond acceptors (Lipinski definition) is 3. The Balaban J connectivity index is 2.02. The number of nitrogens with two attached hydrogens (primary N) is 1. The summed E-state index contributed by atoms with van der Waals surface area (Å²) in [6, 6.07) is 3.17. The lowest BCUT2D eigenvalue weighted by Crippen LogP contribution is -2.42. The maximum atomic E-state index is 12.1. The van der Waals surface area contributed by atoms with Crippen LogP contribution in [0.4, 0.5) is 0 Å². The monoisotopic (exact) mass is 267 g/mol. The molecule has 0 saturated carbocycles. The SMILES string of the molecule is NC(=O)C1CCN(C(=O)c2cc(Cl)ccn2)CC1. The van der Waals surface area contributed by atoms with E-state index in [0.29, 0.717) is 36.6 Å². The molecule has 2 heterocycles. The summed E-state index contributed by atoms with van der Waals surface area (Å²) in [5.41, 5.74) is 5.58. The Morgan fingerprint density at radius 1 is 1.39 bits per heavy atom. The molecule has 0 bridgehead atoms. The van der Waals surface area contributed by atoms with Crippen molar-refractivity contribution in [1.82, 2.24) is 9.88 Å². The summed E-state index contributed by atoms with van der Waals surface area (Å²) in [6.07, 6.45) is 2.73. The van der Waals surface area contributed by atoms with Gasteiger partial charge < -0.3 is 10.6 Å². The van der Waals surface area contributed by atoms with Crippen LogP contribution >= 0.6 is 11.6 Å². The number of carbonyl (C=O) groups is 2. The topological polar surface area (TPSA) is 76.3 Å². The highest BCUT2D eigenvalue weighted by atomic mass is 35.5. The normalized spacial score (nSPS) is 16.6. The molecule has 0 spiro atoms. The summed E-state index contributed by atoms with van der Waals surface area (Å²) in [4.78, 5) is 28.8. The van der Waals surface area contributed by atoms with E-state index >= 15 is 0 Å². The van der Waals surface area contributed by atoms with Gasteiger partial charge in [0.2, 0.25) is 5.91 Å². The summed E-state index contributed by atoms with van der Waals surface area (Å²) in [5.74, 6) is -0.565. The second-order valence-electron chi connectivity index (χ2n) is 4.33. The molecule has 1 aliphatic heterocycles. The Morgan fingerprint density at radius 2 is 2.06 bits per heavy atom. The number of pyridine rings is 1. The lowest BCUT2D eigenvalue weighted by atomic mass is 9.96. The molecule has 2 N–H and O–H groups in total. The van der Waals surface area contributed by atoms with Crippen molar-refractivity contribution in [3.05, 3.63) is 29.0 Å². The third kappa shape index (κ3) is 2.79. The molecule has 1 aromatic rings. The van der Waals surface area contributed by atoms with Crippen LogP contribution in [-0.4, -0.2) is 34.8 Å². The highest BCUT2D eigenvalue weighted by molar-refractivity contribution is 6.30. The van der Waals surface area contributed by atoms with Gasteiger partial charge in [-0.1, -0.05) is 11.6 Å². The minimum Gasteiger partial charge on any atom is -0.369 e. The van der Waals surface area contributed by atoms with Gasteiger partial charge in [-0.05, 0) is 25.0 Å². The van der Waals surface area contributed by atoms with Gasteiger partial charge in [-0.2, -0.15) is 0 Å². The summed E-state index contributed by atoms with van der Waals surface area (Å²) < 4.78 is 0. The van der Waals surface area contributed by atoms with Crippen molar-refractivity contribution in [2.75, 3.05) is 13.1 Å². The van der Waals surface area contributed by atoms with E-state index in [-0.39, 0.29) is 17.7 Å². The molecule has 1 aromatic heterocycles. The third-order valence-electron chi connectivity index (χ3n) is 3.13. The van der Waals surface area contributed by atoms with Crippen molar-refractivity contribution < 1.29 is 9.59 Å². The Kier molecular flexibility index (Phi) is 3.81. The minimum atomic E-state index is -0.289.